The number of aromatic nitrogens is 4. The van der Waals surface area contributed by atoms with E-state index in [1.807, 2.05) is 4.57 Å². The minimum Gasteiger partial charge on any atom is -0.396 e. The van der Waals surface area contributed by atoms with Crippen molar-refractivity contribution in [2.75, 3.05) is 12.3 Å². The first kappa shape index (κ1) is 10.2. The van der Waals surface area contributed by atoms with Crippen LogP contribution in [-0.2, 0) is 0 Å². The summed E-state index contributed by atoms with van der Waals surface area (Å²) in [5, 5.41) is 9.30. The van der Waals surface area contributed by atoms with E-state index in [0.29, 0.717) is 17.0 Å². The van der Waals surface area contributed by atoms with Crippen LogP contribution in [0, 0.1) is 5.92 Å². The molecule has 2 aromatic heterocycles. The highest BCUT2D eigenvalue weighted by Gasteiger charge is 2.36. The van der Waals surface area contributed by atoms with Crippen molar-refractivity contribution >= 4 is 17.0 Å². The molecule has 0 bridgehead atoms. The predicted octanol–water partition coefficient (Wildman–Crippen LogP) is 0.518. The Kier molecular flexibility index (Phi) is 2.12. The first-order chi connectivity index (χ1) is 8.22. The molecule has 0 unspecified atom stereocenters. The van der Waals surface area contributed by atoms with E-state index in [9.17, 15) is 5.11 Å². The van der Waals surface area contributed by atoms with E-state index in [2.05, 4.69) is 21.5 Å². The molecule has 88 valence electrons. The molecule has 2 atom stereocenters. The van der Waals surface area contributed by atoms with Crippen LogP contribution in [0.4, 0.5) is 5.82 Å². The summed E-state index contributed by atoms with van der Waals surface area (Å²) in [5.41, 5.74) is 8.13. The fourth-order valence-corrected chi connectivity index (χ4v) is 2.33. The fourth-order valence-electron chi connectivity index (χ4n) is 2.33. The number of nitrogen functional groups attached to an aromatic ring is 1. The second-order valence-electron chi connectivity index (χ2n) is 4.30. The summed E-state index contributed by atoms with van der Waals surface area (Å²) in [6, 6.07) is 0.173. The maximum atomic E-state index is 9.30. The van der Waals surface area contributed by atoms with Crippen molar-refractivity contribution < 1.29 is 5.11 Å². The van der Waals surface area contributed by atoms with Crippen molar-refractivity contribution in [3.05, 3.63) is 24.8 Å². The highest BCUT2D eigenvalue weighted by molar-refractivity contribution is 5.81. The zero-order valence-electron chi connectivity index (χ0n) is 9.24. The van der Waals surface area contributed by atoms with Gasteiger partial charge in [0.25, 0.3) is 0 Å². The van der Waals surface area contributed by atoms with Gasteiger partial charge in [-0.3, -0.25) is 0 Å². The summed E-state index contributed by atoms with van der Waals surface area (Å²) in [5.74, 6) is 0.469. The van der Waals surface area contributed by atoms with Gasteiger partial charge in [-0.05, 0) is 6.42 Å². The first-order valence-electron chi connectivity index (χ1n) is 5.44. The number of nitrogens with two attached hydrogens (primary N) is 1. The maximum absolute atomic E-state index is 9.30. The normalized spacial score (nSPS) is 23.9. The molecule has 1 aliphatic rings. The van der Waals surface area contributed by atoms with Crippen molar-refractivity contribution in [1.82, 2.24) is 19.5 Å². The molecule has 1 fully saturated rings. The van der Waals surface area contributed by atoms with Crippen molar-refractivity contribution in [1.29, 1.82) is 0 Å². The second kappa shape index (κ2) is 3.53. The van der Waals surface area contributed by atoms with Gasteiger partial charge in [-0.25, -0.2) is 15.0 Å². The van der Waals surface area contributed by atoms with E-state index in [4.69, 9.17) is 5.73 Å². The Morgan fingerprint density at radius 1 is 1.47 bits per heavy atom. The van der Waals surface area contributed by atoms with E-state index in [-0.39, 0.29) is 18.6 Å². The molecule has 0 spiro atoms. The number of aliphatic hydroxyl groups excluding tert-OH is 1. The zero-order valence-corrected chi connectivity index (χ0v) is 9.24. The van der Waals surface area contributed by atoms with Gasteiger partial charge in [-0.2, -0.15) is 0 Å². The molecule has 0 saturated heterocycles. The summed E-state index contributed by atoms with van der Waals surface area (Å²) >= 11 is 0. The van der Waals surface area contributed by atoms with Crippen molar-refractivity contribution in [2.24, 2.45) is 5.92 Å². The number of nitrogens with zero attached hydrogens (tertiary/aromatic N) is 4. The average Bonchev–Trinajstić information content (AvgIpc) is 2.71. The molecule has 6 heteroatoms. The standard InChI is InChI=1S/C11H13N5O/c1-6-2-8(7(6)3-17)16-5-15-9-10(12)13-4-14-11(9)16/h4-5,7-8,17H,1-3H2,(H2,12,13,14)/t7-,8-/m1/s1. The molecule has 2 heterocycles. The van der Waals surface area contributed by atoms with Gasteiger partial charge < -0.3 is 15.4 Å². The number of fused-ring (bicyclic) bond motifs is 1. The lowest BCUT2D eigenvalue weighted by atomic mass is 9.75. The van der Waals surface area contributed by atoms with Gasteiger partial charge in [0.05, 0.1) is 12.9 Å². The predicted molar refractivity (Wildman–Crippen MR) is 63.1 cm³/mol. The lowest BCUT2D eigenvalue weighted by Crippen LogP contribution is -2.33. The molecular formula is C11H13N5O. The van der Waals surface area contributed by atoms with Crippen LogP contribution in [0.25, 0.3) is 11.2 Å². The van der Waals surface area contributed by atoms with Crippen molar-refractivity contribution in [2.45, 2.75) is 12.5 Å². The van der Waals surface area contributed by atoms with Gasteiger partial charge in [-0.15, -0.1) is 0 Å². The number of anilines is 1. The van der Waals surface area contributed by atoms with Crippen LogP contribution in [0.2, 0.25) is 0 Å². The zero-order chi connectivity index (χ0) is 12.0. The van der Waals surface area contributed by atoms with Crippen LogP contribution in [-0.4, -0.2) is 31.2 Å². The topological polar surface area (TPSA) is 89.9 Å². The maximum Gasteiger partial charge on any atom is 0.165 e. The van der Waals surface area contributed by atoms with Gasteiger partial charge >= 0.3 is 0 Å². The van der Waals surface area contributed by atoms with Gasteiger partial charge in [0.2, 0.25) is 0 Å². The molecule has 3 rings (SSSR count). The second-order valence-corrected chi connectivity index (χ2v) is 4.30. The van der Waals surface area contributed by atoms with Gasteiger partial charge in [0, 0.05) is 12.0 Å². The average molecular weight is 231 g/mol. The van der Waals surface area contributed by atoms with E-state index < -0.39 is 0 Å². The molecule has 17 heavy (non-hydrogen) atoms. The smallest absolute Gasteiger partial charge is 0.165 e. The van der Waals surface area contributed by atoms with Gasteiger partial charge in [0.15, 0.2) is 11.5 Å². The third-order valence-corrected chi connectivity index (χ3v) is 3.40. The molecule has 2 aromatic rings. The van der Waals surface area contributed by atoms with Crippen molar-refractivity contribution in [3.63, 3.8) is 0 Å². The molecule has 0 radical (unpaired) electrons. The molecule has 1 aliphatic carbocycles. The third-order valence-electron chi connectivity index (χ3n) is 3.40. The van der Waals surface area contributed by atoms with Crippen LogP contribution in [0.1, 0.15) is 12.5 Å². The van der Waals surface area contributed by atoms with E-state index in [1.165, 1.54) is 6.33 Å². The molecule has 0 amide bonds. The minimum absolute atomic E-state index is 0.0867. The number of imidazole rings is 1. The SMILES string of the molecule is C=C1C[C@@H](n2cnc3c(N)ncnc32)[C@@H]1CO. The highest BCUT2D eigenvalue weighted by Crippen LogP contribution is 2.43. The van der Waals surface area contributed by atoms with Crippen molar-refractivity contribution in [3.8, 4) is 0 Å². The molecule has 1 saturated carbocycles. The summed E-state index contributed by atoms with van der Waals surface area (Å²) < 4.78 is 1.95. The number of hydrogen-bond donors (Lipinski definition) is 2. The van der Waals surface area contributed by atoms with Crippen LogP contribution in [0.5, 0.6) is 0 Å². The van der Waals surface area contributed by atoms with Crippen LogP contribution in [0.3, 0.4) is 0 Å². The Morgan fingerprint density at radius 2 is 2.29 bits per heavy atom. The number of hydrogen-bond acceptors (Lipinski definition) is 5. The lowest BCUT2D eigenvalue weighted by molar-refractivity contribution is 0.158. The van der Waals surface area contributed by atoms with Crippen LogP contribution >= 0.6 is 0 Å². The minimum atomic E-state index is 0.0867. The van der Waals surface area contributed by atoms with Gasteiger partial charge in [0.1, 0.15) is 11.8 Å². The third kappa shape index (κ3) is 1.34. The Morgan fingerprint density at radius 3 is 3.00 bits per heavy atom. The Labute approximate surface area is 97.8 Å². The summed E-state index contributed by atoms with van der Waals surface area (Å²) in [6.07, 6.45) is 3.98. The van der Waals surface area contributed by atoms with Crippen LogP contribution < -0.4 is 5.73 Å². The fraction of sp³-hybridized carbons (Fsp3) is 0.364. The highest BCUT2D eigenvalue weighted by atomic mass is 16.3. The Hall–Kier alpha value is -1.95. The largest absolute Gasteiger partial charge is 0.396 e. The van der Waals surface area contributed by atoms with E-state index in [1.54, 1.807) is 6.33 Å². The van der Waals surface area contributed by atoms with Gasteiger partial charge in [-0.1, -0.05) is 12.2 Å². The summed E-state index contributed by atoms with van der Waals surface area (Å²) in [7, 11) is 0. The first-order valence-corrected chi connectivity index (χ1v) is 5.44. The molecule has 3 N–H and O–H groups in total. The summed E-state index contributed by atoms with van der Waals surface area (Å²) in [4.78, 5) is 12.3. The monoisotopic (exact) mass is 231 g/mol. The van der Waals surface area contributed by atoms with Crippen LogP contribution in [0.15, 0.2) is 24.8 Å². The van der Waals surface area contributed by atoms with E-state index in [0.717, 1.165) is 12.0 Å². The number of aliphatic hydroxyl groups is 1. The summed E-state index contributed by atoms with van der Waals surface area (Å²) in [6.45, 7) is 4.02. The lowest BCUT2D eigenvalue weighted by Gasteiger charge is -2.38. The Balaban J connectivity index is 2.07. The number of rotatable bonds is 2. The van der Waals surface area contributed by atoms with E-state index >= 15 is 0 Å². The molecule has 0 aromatic carbocycles. The molecule has 0 aliphatic heterocycles. The quantitative estimate of drug-likeness (QED) is 0.735. The Bertz CT molecular complexity index is 591. The molecular weight excluding hydrogens is 218 g/mol. The molecule has 6 nitrogen and oxygen atoms in total.